The maximum Gasteiger partial charge on any atom is 0.113 e. The van der Waals surface area contributed by atoms with E-state index in [0.29, 0.717) is 17.0 Å². The summed E-state index contributed by atoms with van der Waals surface area (Å²) in [5.74, 6) is 0. The highest BCUT2D eigenvalue weighted by molar-refractivity contribution is 6.31. The summed E-state index contributed by atoms with van der Waals surface area (Å²) in [6.07, 6.45) is -3.59. The van der Waals surface area contributed by atoms with Gasteiger partial charge in [-0.25, -0.2) is 0 Å². The molecular formula is C21H23ClN2O5. The standard InChI is InChI=1S/C21H23ClN2O5/c1-24-16-5-2-11(7-14(16)9-23-24)6-13-8-12(3-4-15(13)22)21-20(28)19(27)18(26)17(10-25)29-21/h2-5,7-9,17-21,25-28H,6,10H2,1H3. The van der Waals surface area contributed by atoms with Crippen molar-refractivity contribution in [2.75, 3.05) is 6.61 Å². The van der Waals surface area contributed by atoms with Crippen molar-refractivity contribution >= 4 is 22.5 Å². The largest absolute Gasteiger partial charge is 0.394 e. The van der Waals surface area contributed by atoms with Crippen molar-refractivity contribution in [3.05, 3.63) is 64.3 Å². The predicted octanol–water partition coefficient (Wildman–Crippen LogP) is 1.33. The molecule has 4 rings (SSSR count). The Bertz CT molecular complexity index is 1020. The van der Waals surface area contributed by atoms with Crippen molar-refractivity contribution in [1.82, 2.24) is 9.78 Å². The normalized spacial score (nSPS) is 27.4. The topological polar surface area (TPSA) is 108 Å². The van der Waals surface area contributed by atoms with E-state index in [9.17, 15) is 20.4 Å². The molecule has 5 atom stereocenters. The SMILES string of the molecule is Cn1ncc2cc(Cc3cc(C4OC(CO)C(O)C(O)C4O)ccc3Cl)ccc21. The van der Waals surface area contributed by atoms with Crippen LogP contribution in [-0.4, -0.2) is 61.2 Å². The Morgan fingerprint density at radius 3 is 2.62 bits per heavy atom. The summed E-state index contributed by atoms with van der Waals surface area (Å²) in [5, 5.41) is 45.7. The van der Waals surface area contributed by atoms with Crippen LogP contribution in [0.25, 0.3) is 10.9 Å². The molecule has 8 heteroatoms. The van der Waals surface area contributed by atoms with Crippen LogP contribution < -0.4 is 0 Å². The molecule has 0 spiro atoms. The Hall–Kier alpha value is -2.00. The zero-order valence-electron chi connectivity index (χ0n) is 15.8. The number of aliphatic hydroxyl groups excluding tert-OH is 4. The molecule has 1 saturated heterocycles. The number of nitrogens with zero attached hydrogens (tertiary/aromatic N) is 2. The average molecular weight is 419 g/mol. The van der Waals surface area contributed by atoms with E-state index in [4.69, 9.17) is 16.3 Å². The smallest absolute Gasteiger partial charge is 0.113 e. The number of hydrogen-bond acceptors (Lipinski definition) is 6. The van der Waals surface area contributed by atoms with Crippen molar-refractivity contribution in [2.45, 2.75) is 36.9 Å². The Kier molecular flexibility index (Phi) is 5.61. The number of rotatable bonds is 4. The summed E-state index contributed by atoms with van der Waals surface area (Å²) < 4.78 is 7.47. The fraction of sp³-hybridized carbons (Fsp3) is 0.381. The molecule has 1 aliphatic heterocycles. The van der Waals surface area contributed by atoms with Gasteiger partial charge in [0.2, 0.25) is 0 Å². The van der Waals surface area contributed by atoms with Crippen LogP contribution in [0.4, 0.5) is 0 Å². The maximum absolute atomic E-state index is 10.4. The molecule has 154 valence electrons. The first kappa shape index (κ1) is 20.3. The number of benzene rings is 2. The Balaban J connectivity index is 1.63. The zero-order valence-corrected chi connectivity index (χ0v) is 16.6. The first-order valence-corrected chi connectivity index (χ1v) is 9.76. The van der Waals surface area contributed by atoms with Crippen molar-refractivity contribution in [2.24, 2.45) is 7.05 Å². The average Bonchev–Trinajstić information content (AvgIpc) is 3.08. The highest BCUT2D eigenvalue weighted by Gasteiger charge is 2.44. The fourth-order valence-electron chi connectivity index (χ4n) is 3.83. The molecule has 0 radical (unpaired) electrons. The molecule has 2 aromatic carbocycles. The van der Waals surface area contributed by atoms with Crippen LogP contribution in [0.15, 0.2) is 42.6 Å². The lowest BCUT2D eigenvalue weighted by atomic mass is 9.90. The van der Waals surface area contributed by atoms with Crippen molar-refractivity contribution in [3.8, 4) is 0 Å². The van der Waals surface area contributed by atoms with Crippen LogP contribution >= 0.6 is 11.6 Å². The second-order valence-electron chi connectivity index (χ2n) is 7.44. The van der Waals surface area contributed by atoms with Crippen LogP contribution in [0.3, 0.4) is 0 Å². The van der Waals surface area contributed by atoms with Crippen molar-refractivity contribution < 1.29 is 25.2 Å². The first-order valence-electron chi connectivity index (χ1n) is 9.38. The Morgan fingerprint density at radius 1 is 1.07 bits per heavy atom. The van der Waals surface area contributed by atoms with Gasteiger partial charge in [-0.3, -0.25) is 4.68 Å². The minimum Gasteiger partial charge on any atom is -0.394 e. The van der Waals surface area contributed by atoms with Crippen LogP contribution in [0.2, 0.25) is 5.02 Å². The molecule has 4 N–H and O–H groups in total. The molecule has 1 aliphatic rings. The van der Waals surface area contributed by atoms with Gasteiger partial charge in [0.1, 0.15) is 30.5 Å². The van der Waals surface area contributed by atoms with Gasteiger partial charge < -0.3 is 25.2 Å². The monoisotopic (exact) mass is 418 g/mol. The van der Waals surface area contributed by atoms with Crippen molar-refractivity contribution in [1.29, 1.82) is 0 Å². The van der Waals surface area contributed by atoms with E-state index in [1.54, 1.807) is 12.1 Å². The second kappa shape index (κ2) is 8.02. The third-order valence-electron chi connectivity index (χ3n) is 5.50. The van der Waals surface area contributed by atoms with Gasteiger partial charge in [0.25, 0.3) is 0 Å². The van der Waals surface area contributed by atoms with Gasteiger partial charge in [-0.15, -0.1) is 0 Å². The predicted molar refractivity (Wildman–Crippen MR) is 108 cm³/mol. The summed E-state index contributed by atoms with van der Waals surface area (Å²) >= 11 is 6.40. The highest BCUT2D eigenvalue weighted by atomic mass is 35.5. The van der Waals surface area contributed by atoms with E-state index in [-0.39, 0.29) is 0 Å². The molecule has 1 fully saturated rings. The molecular weight excluding hydrogens is 396 g/mol. The third kappa shape index (κ3) is 3.77. The van der Waals surface area contributed by atoms with E-state index in [2.05, 4.69) is 11.2 Å². The number of hydrogen-bond donors (Lipinski definition) is 4. The lowest BCUT2D eigenvalue weighted by Gasteiger charge is -2.40. The summed E-state index contributed by atoms with van der Waals surface area (Å²) in [6.45, 7) is -0.465. The van der Waals surface area contributed by atoms with E-state index >= 15 is 0 Å². The van der Waals surface area contributed by atoms with Crippen LogP contribution in [0.5, 0.6) is 0 Å². The van der Waals surface area contributed by atoms with E-state index in [1.165, 1.54) is 0 Å². The van der Waals surface area contributed by atoms with Gasteiger partial charge in [-0.1, -0.05) is 29.8 Å². The minimum atomic E-state index is -1.42. The van der Waals surface area contributed by atoms with Gasteiger partial charge in [0.15, 0.2) is 0 Å². The second-order valence-corrected chi connectivity index (χ2v) is 7.85. The summed E-state index contributed by atoms with van der Waals surface area (Å²) in [4.78, 5) is 0. The lowest BCUT2D eigenvalue weighted by Crippen LogP contribution is -2.55. The Labute approximate surface area is 172 Å². The maximum atomic E-state index is 10.4. The number of aromatic nitrogens is 2. The molecule has 0 aliphatic carbocycles. The molecule has 0 bridgehead atoms. The van der Waals surface area contributed by atoms with Crippen LogP contribution in [0.1, 0.15) is 22.8 Å². The van der Waals surface area contributed by atoms with Crippen LogP contribution in [-0.2, 0) is 18.2 Å². The summed E-state index contributed by atoms with van der Waals surface area (Å²) in [7, 11) is 1.89. The van der Waals surface area contributed by atoms with Gasteiger partial charge >= 0.3 is 0 Å². The molecule has 29 heavy (non-hydrogen) atoms. The lowest BCUT2D eigenvalue weighted by molar-refractivity contribution is -0.231. The van der Waals surface area contributed by atoms with Crippen LogP contribution in [0, 0.1) is 0 Å². The Morgan fingerprint density at radius 2 is 1.86 bits per heavy atom. The third-order valence-corrected chi connectivity index (χ3v) is 5.86. The number of ether oxygens (including phenoxy) is 1. The summed E-state index contributed by atoms with van der Waals surface area (Å²) in [5.41, 5.74) is 3.54. The minimum absolute atomic E-state index is 0.465. The van der Waals surface area contributed by atoms with Gasteiger partial charge in [0.05, 0.1) is 18.3 Å². The fourth-order valence-corrected chi connectivity index (χ4v) is 4.01. The number of aryl methyl sites for hydroxylation is 1. The van der Waals surface area contributed by atoms with Gasteiger partial charge in [-0.05, 0) is 41.3 Å². The zero-order chi connectivity index (χ0) is 20.7. The number of fused-ring (bicyclic) bond motifs is 1. The molecule has 3 aromatic rings. The quantitative estimate of drug-likeness (QED) is 0.509. The van der Waals surface area contributed by atoms with E-state index < -0.39 is 37.1 Å². The molecule has 7 nitrogen and oxygen atoms in total. The molecule has 5 unspecified atom stereocenters. The van der Waals surface area contributed by atoms with Gasteiger partial charge in [0, 0.05) is 17.5 Å². The van der Waals surface area contributed by atoms with E-state index in [0.717, 1.165) is 22.0 Å². The number of aliphatic hydroxyl groups is 4. The first-order chi connectivity index (χ1) is 13.9. The molecule has 0 amide bonds. The molecule has 2 heterocycles. The van der Waals surface area contributed by atoms with Crippen molar-refractivity contribution in [3.63, 3.8) is 0 Å². The summed E-state index contributed by atoms with van der Waals surface area (Å²) in [6, 6.07) is 11.3. The van der Waals surface area contributed by atoms with Gasteiger partial charge in [-0.2, -0.15) is 5.10 Å². The highest BCUT2D eigenvalue weighted by Crippen LogP contribution is 2.34. The molecule has 0 saturated carbocycles. The van der Waals surface area contributed by atoms with E-state index in [1.807, 2.05) is 36.1 Å². The number of halogens is 1. The molecule has 1 aromatic heterocycles.